The Morgan fingerprint density at radius 1 is 1.09 bits per heavy atom. The smallest absolute Gasteiger partial charge is 0.260 e. The number of thiophene rings is 1. The summed E-state index contributed by atoms with van der Waals surface area (Å²) in [5, 5.41) is 5.04. The summed E-state index contributed by atoms with van der Waals surface area (Å²) in [5.74, 6) is 1.32. The van der Waals surface area contributed by atoms with E-state index in [9.17, 15) is 9.59 Å². The van der Waals surface area contributed by atoms with Crippen molar-refractivity contribution in [3.63, 3.8) is 0 Å². The van der Waals surface area contributed by atoms with E-state index in [1.807, 2.05) is 66.0 Å². The van der Waals surface area contributed by atoms with Crippen molar-refractivity contribution in [1.29, 1.82) is 0 Å². The molecule has 1 aliphatic heterocycles. The second-order valence-corrected chi connectivity index (χ2v) is 8.99. The number of carbonyl (C=O) groups excluding carboxylic acids is 2. The van der Waals surface area contributed by atoms with Crippen molar-refractivity contribution in [2.24, 2.45) is 5.92 Å². The molecule has 4 aromatic rings. The molecule has 0 saturated carbocycles. The van der Waals surface area contributed by atoms with Gasteiger partial charge in [0.2, 0.25) is 5.91 Å². The summed E-state index contributed by atoms with van der Waals surface area (Å²) in [6, 6.07) is 19.0. The highest BCUT2D eigenvalue weighted by atomic mass is 32.1. The highest BCUT2D eigenvalue weighted by Crippen LogP contribution is 2.27. The van der Waals surface area contributed by atoms with Crippen LogP contribution < -0.4 is 10.1 Å². The van der Waals surface area contributed by atoms with E-state index in [1.165, 1.54) is 0 Å². The van der Waals surface area contributed by atoms with Crippen LogP contribution in [-0.2, 0) is 9.59 Å². The summed E-state index contributed by atoms with van der Waals surface area (Å²) in [7, 11) is 0. The minimum atomic E-state index is -0.122. The fourth-order valence-corrected chi connectivity index (χ4v) is 4.68. The van der Waals surface area contributed by atoms with Crippen LogP contribution in [0.3, 0.4) is 0 Å². The van der Waals surface area contributed by atoms with Gasteiger partial charge in [-0.2, -0.15) is 0 Å². The van der Waals surface area contributed by atoms with E-state index in [4.69, 9.17) is 4.74 Å². The SMILES string of the molecule is O=C(Nc1ccc2nc(-c3cccs3)[nH]c2c1)C1CCN(C(=O)COc2ccccc2)CC1. The van der Waals surface area contributed by atoms with Crippen LogP contribution in [0.25, 0.3) is 21.7 Å². The van der Waals surface area contributed by atoms with Gasteiger partial charge in [-0.05, 0) is 54.6 Å². The molecule has 2 N–H and O–H groups in total. The lowest BCUT2D eigenvalue weighted by Crippen LogP contribution is -2.43. The van der Waals surface area contributed by atoms with E-state index in [1.54, 1.807) is 16.2 Å². The van der Waals surface area contributed by atoms with Gasteiger partial charge in [-0.1, -0.05) is 24.3 Å². The number of piperidine rings is 1. The van der Waals surface area contributed by atoms with Gasteiger partial charge in [0.15, 0.2) is 6.61 Å². The Morgan fingerprint density at radius 3 is 2.67 bits per heavy atom. The quantitative estimate of drug-likeness (QED) is 0.442. The van der Waals surface area contributed by atoms with Gasteiger partial charge in [0.05, 0.1) is 15.9 Å². The third-order valence-electron chi connectivity index (χ3n) is 5.83. The molecule has 1 fully saturated rings. The number of nitrogens with zero attached hydrogens (tertiary/aromatic N) is 2. The van der Waals surface area contributed by atoms with E-state index in [-0.39, 0.29) is 24.3 Å². The zero-order valence-electron chi connectivity index (χ0n) is 18.0. The number of carbonyl (C=O) groups is 2. The van der Waals surface area contributed by atoms with Gasteiger partial charge in [-0.3, -0.25) is 9.59 Å². The normalized spacial score (nSPS) is 14.4. The fraction of sp³-hybridized carbons (Fsp3) is 0.240. The molecule has 0 unspecified atom stereocenters. The maximum Gasteiger partial charge on any atom is 0.260 e. The van der Waals surface area contributed by atoms with Crippen molar-refractivity contribution in [1.82, 2.24) is 14.9 Å². The first kappa shape index (κ1) is 21.2. The van der Waals surface area contributed by atoms with Crippen LogP contribution in [0.1, 0.15) is 12.8 Å². The number of ether oxygens (including phenoxy) is 1. The first-order chi connectivity index (χ1) is 16.2. The Morgan fingerprint density at radius 2 is 1.91 bits per heavy atom. The number of nitrogens with one attached hydrogen (secondary N) is 2. The Labute approximate surface area is 195 Å². The molecule has 7 nitrogen and oxygen atoms in total. The van der Waals surface area contributed by atoms with Crippen molar-refractivity contribution >= 4 is 39.9 Å². The molecule has 0 aliphatic carbocycles. The van der Waals surface area contributed by atoms with Crippen LogP contribution in [0.5, 0.6) is 5.75 Å². The van der Waals surface area contributed by atoms with Gasteiger partial charge in [0, 0.05) is 24.7 Å². The number of aromatic nitrogens is 2. The maximum atomic E-state index is 12.8. The lowest BCUT2D eigenvalue weighted by molar-refractivity contribution is -0.136. The molecule has 2 amide bonds. The van der Waals surface area contributed by atoms with Crippen LogP contribution in [0.2, 0.25) is 0 Å². The highest BCUT2D eigenvalue weighted by Gasteiger charge is 2.27. The third kappa shape index (κ3) is 4.90. The number of aromatic amines is 1. The largest absolute Gasteiger partial charge is 0.484 e. The van der Waals surface area contributed by atoms with Crippen molar-refractivity contribution in [3.8, 4) is 16.5 Å². The number of rotatable bonds is 6. The maximum absolute atomic E-state index is 12.8. The number of amides is 2. The number of fused-ring (bicyclic) bond motifs is 1. The number of benzene rings is 2. The second kappa shape index (κ2) is 9.46. The number of imidazole rings is 1. The summed E-state index contributed by atoms with van der Waals surface area (Å²) in [5.41, 5.74) is 2.49. The molecule has 168 valence electrons. The van der Waals surface area contributed by atoms with E-state index in [2.05, 4.69) is 15.3 Å². The second-order valence-electron chi connectivity index (χ2n) is 8.04. The molecular formula is C25H24N4O3S. The standard InChI is InChI=1S/C25H24N4O3S/c30-23(16-32-19-5-2-1-3-6-19)29-12-10-17(11-13-29)25(31)26-18-8-9-20-21(15-18)28-24(27-20)22-7-4-14-33-22/h1-9,14-15,17H,10-13,16H2,(H,26,31)(H,27,28). The molecule has 0 atom stereocenters. The summed E-state index contributed by atoms with van der Waals surface area (Å²) >= 11 is 1.63. The molecule has 2 aromatic heterocycles. The predicted octanol–water partition coefficient (Wildman–Crippen LogP) is 4.55. The van der Waals surface area contributed by atoms with Gasteiger partial charge in [-0.15, -0.1) is 11.3 Å². The summed E-state index contributed by atoms with van der Waals surface area (Å²) in [6.45, 7) is 1.12. The zero-order chi connectivity index (χ0) is 22.6. The monoisotopic (exact) mass is 460 g/mol. The average molecular weight is 461 g/mol. The van der Waals surface area contributed by atoms with Gasteiger partial charge in [0.1, 0.15) is 11.6 Å². The summed E-state index contributed by atoms with van der Waals surface area (Å²) in [6.07, 6.45) is 1.27. The van der Waals surface area contributed by atoms with Crippen molar-refractivity contribution < 1.29 is 14.3 Å². The van der Waals surface area contributed by atoms with Crippen molar-refractivity contribution in [2.45, 2.75) is 12.8 Å². The minimum absolute atomic E-state index is 0.0124. The van der Waals surface area contributed by atoms with E-state index in [0.29, 0.717) is 31.7 Å². The summed E-state index contributed by atoms with van der Waals surface area (Å²) < 4.78 is 5.56. The Balaban J connectivity index is 1.14. The lowest BCUT2D eigenvalue weighted by Gasteiger charge is -2.31. The first-order valence-corrected chi connectivity index (χ1v) is 11.8. The van der Waals surface area contributed by atoms with Gasteiger partial charge in [0.25, 0.3) is 5.91 Å². The Hall–Kier alpha value is -3.65. The van der Waals surface area contributed by atoms with E-state index >= 15 is 0 Å². The topological polar surface area (TPSA) is 87.3 Å². The lowest BCUT2D eigenvalue weighted by atomic mass is 9.95. The highest BCUT2D eigenvalue weighted by molar-refractivity contribution is 7.13. The first-order valence-electron chi connectivity index (χ1n) is 11.0. The molecule has 2 aromatic carbocycles. The van der Waals surface area contributed by atoms with Crippen LogP contribution in [-0.4, -0.2) is 46.4 Å². The van der Waals surface area contributed by atoms with Gasteiger partial charge >= 0.3 is 0 Å². The minimum Gasteiger partial charge on any atom is -0.484 e. The number of para-hydroxylation sites is 1. The fourth-order valence-electron chi connectivity index (χ4n) is 4.01. The average Bonchev–Trinajstić information content (AvgIpc) is 3.53. The van der Waals surface area contributed by atoms with Crippen molar-refractivity contribution in [3.05, 3.63) is 66.0 Å². The molecule has 0 radical (unpaired) electrons. The number of hydrogen-bond acceptors (Lipinski definition) is 5. The number of hydrogen-bond donors (Lipinski definition) is 2. The van der Waals surface area contributed by atoms with Crippen LogP contribution >= 0.6 is 11.3 Å². The number of H-pyrrole nitrogens is 1. The zero-order valence-corrected chi connectivity index (χ0v) is 18.8. The van der Waals surface area contributed by atoms with Crippen LogP contribution in [0.15, 0.2) is 66.0 Å². The van der Waals surface area contributed by atoms with E-state index in [0.717, 1.165) is 27.4 Å². The molecule has 1 saturated heterocycles. The molecule has 5 rings (SSSR count). The molecule has 0 bridgehead atoms. The molecule has 3 heterocycles. The third-order valence-corrected chi connectivity index (χ3v) is 6.70. The van der Waals surface area contributed by atoms with Gasteiger partial charge in [-0.25, -0.2) is 4.98 Å². The molecule has 33 heavy (non-hydrogen) atoms. The molecule has 1 aliphatic rings. The molecule has 0 spiro atoms. The number of anilines is 1. The molecular weight excluding hydrogens is 436 g/mol. The predicted molar refractivity (Wildman–Crippen MR) is 129 cm³/mol. The van der Waals surface area contributed by atoms with Crippen LogP contribution in [0.4, 0.5) is 5.69 Å². The van der Waals surface area contributed by atoms with Crippen LogP contribution in [0, 0.1) is 5.92 Å². The summed E-state index contributed by atoms with van der Waals surface area (Å²) in [4.78, 5) is 36.1. The van der Waals surface area contributed by atoms with Crippen molar-refractivity contribution in [2.75, 3.05) is 25.0 Å². The Bertz CT molecular complexity index is 1250. The van der Waals surface area contributed by atoms with E-state index < -0.39 is 0 Å². The number of likely N-dealkylation sites (tertiary alicyclic amines) is 1. The molecule has 8 heteroatoms. The Kier molecular flexibility index (Phi) is 6.08. The van der Waals surface area contributed by atoms with Gasteiger partial charge < -0.3 is 19.9 Å².